The Balaban J connectivity index is 2.24. The monoisotopic (exact) mass is 350 g/mol. The van der Waals surface area contributed by atoms with Crippen LogP contribution in [0.5, 0.6) is 0 Å². The first-order valence-electron chi connectivity index (χ1n) is 7.13. The fraction of sp³-hybridized carbons (Fsp3) is 0.571. The van der Waals surface area contributed by atoms with Crippen LogP contribution in [0.4, 0.5) is 0 Å². The van der Waals surface area contributed by atoms with Gasteiger partial charge in [0.15, 0.2) is 0 Å². The van der Waals surface area contributed by atoms with Gasteiger partial charge in [0.1, 0.15) is 4.90 Å². The van der Waals surface area contributed by atoms with Crippen molar-refractivity contribution in [2.75, 3.05) is 32.7 Å². The van der Waals surface area contributed by atoms with Crippen LogP contribution in [0.2, 0.25) is 10.0 Å². The lowest BCUT2D eigenvalue weighted by atomic mass is 10.3. The molecule has 0 atom stereocenters. The van der Waals surface area contributed by atoms with Gasteiger partial charge in [0.25, 0.3) is 0 Å². The van der Waals surface area contributed by atoms with E-state index in [1.807, 2.05) is 0 Å². The van der Waals surface area contributed by atoms with Crippen LogP contribution in [0.1, 0.15) is 19.8 Å². The van der Waals surface area contributed by atoms with E-state index in [2.05, 4.69) is 11.8 Å². The molecule has 1 aromatic rings. The van der Waals surface area contributed by atoms with Crippen molar-refractivity contribution in [2.24, 2.45) is 0 Å². The first kappa shape index (κ1) is 17.0. The van der Waals surface area contributed by atoms with Gasteiger partial charge < -0.3 is 4.90 Å². The molecule has 7 heteroatoms. The van der Waals surface area contributed by atoms with Crippen LogP contribution in [0, 0.1) is 0 Å². The summed E-state index contributed by atoms with van der Waals surface area (Å²) >= 11 is 12.1. The molecule has 0 spiro atoms. The number of sulfonamides is 1. The van der Waals surface area contributed by atoms with Gasteiger partial charge in [0.2, 0.25) is 10.0 Å². The summed E-state index contributed by atoms with van der Waals surface area (Å²) in [5.41, 5.74) is 0. The molecule has 0 radical (unpaired) electrons. The number of hydrogen-bond donors (Lipinski definition) is 0. The standard InChI is InChI=1S/C14H20Cl2N2O2S/c1-2-7-17-8-4-9-18(11-10-17)21(19,20)14-12(15)5-3-6-13(14)16/h3,5-6H,2,4,7-11H2,1H3. The summed E-state index contributed by atoms with van der Waals surface area (Å²) in [6, 6.07) is 4.76. The average Bonchev–Trinajstić information content (AvgIpc) is 2.65. The minimum atomic E-state index is -3.64. The van der Waals surface area contributed by atoms with Crippen LogP contribution in [0.25, 0.3) is 0 Å². The van der Waals surface area contributed by atoms with Gasteiger partial charge in [-0.1, -0.05) is 36.2 Å². The first-order chi connectivity index (χ1) is 9.96. The lowest BCUT2D eigenvalue weighted by Gasteiger charge is -2.22. The molecule has 1 aliphatic rings. The van der Waals surface area contributed by atoms with Crippen molar-refractivity contribution in [3.05, 3.63) is 28.2 Å². The summed E-state index contributed by atoms with van der Waals surface area (Å²) in [6.45, 7) is 5.78. The van der Waals surface area contributed by atoms with Crippen molar-refractivity contribution in [3.63, 3.8) is 0 Å². The highest BCUT2D eigenvalue weighted by molar-refractivity contribution is 7.89. The molecule has 0 amide bonds. The molecule has 1 fully saturated rings. The third-order valence-electron chi connectivity index (χ3n) is 3.60. The van der Waals surface area contributed by atoms with Crippen LogP contribution < -0.4 is 0 Å². The van der Waals surface area contributed by atoms with Crippen molar-refractivity contribution >= 4 is 33.2 Å². The van der Waals surface area contributed by atoms with Crippen LogP contribution in [-0.2, 0) is 10.0 Å². The Bertz CT molecular complexity index is 572. The molecule has 0 aromatic heterocycles. The second-order valence-electron chi connectivity index (χ2n) is 5.15. The van der Waals surface area contributed by atoms with E-state index in [1.54, 1.807) is 18.2 Å². The summed E-state index contributed by atoms with van der Waals surface area (Å²) in [6.07, 6.45) is 1.89. The van der Waals surface area contributed by atoms with Crippen molar-refractivity contribution < 1.29 is 8.42 Å². The largest absolute Gasteiger partial charge is 0.302 e. The molecule has 118 valence electrons. The lowest BCUT2D eigenvalue weighted by molar-refractivity contribution is 0.287. The molecule has 4 nitrogen and oxygen atoms in total. The Morgan fingerprint density at radius 3 is 2.38 bits per heavy atom. The van der Waals surface area contributed by atoms with Crippen molar-refractivity contribution in [1.82, 2.24) is 9.21 Å². The normalized spacial score (nSPS) is 18.6. The average molecular weight is 351 g/mol. The van der Waals surface area contributed by atoms with Gasteiger partial charge in [-0.2, -0.15) is 4.31 Å². The maximum Gasteiger partial charge on any atom is 0.246 e. The first-order valence-corrected chi connectivity index (χ1v) is 9.33. The van der Waals surface area contributed by atoms with E-state index in [1.165, 1.54) is 4.31 Å². The molecule has 0 saturated carbocycles. The van der Waals surface area contributed by atoms with E-state index in [0.717, 1.165) is 32.5 Å². The Hall–Kier alpha value is -0.330. The maximum atomic E-state index is 12.8. The summed E-state index contributed by atoms with van der Waals surface area (Å²) in [4.78, 5) is 2.32. The molecular formula is C14H20Cl2N2O2S. The van der Waals surface area contributed by atoms with Crippen molar-refractivity contribution in [1.29, 1.82) is 0 Å². The topological polar surface area (TPSA) is 40.6 Å². The van der Waals surface area contributed by atoms with Crippen LogP contribution >= 0.6 is 23.2 Å². The molecule has 0 N–H and O–H groups in total. The predicted molar refractivity (Wildman–Crippen MR) is 86.6 cm³/mol. The molecule has 0 unspecified atom stereocenters. The molecule has 0 bridgehead atoms. The molecule has 1 aromatic carbocycles. The van der Waals surface area contributed by atoms with Gasteiger partial charge in [-0.3, -0.25) is 0 Å². The summed E-state index contributed by atoms with van der Waals surface area (Å²) < 4.78 is 27.1. The Kier molecular flexibility index (Phi) is 5.91. The molecule has 2 rings (SSSR count). The Morgan fingerprint density at radius 2 is 1.76 bits per heavy atom. The fourth-order valence-corrected chi connectivity index (χ4v) is 5.15. The summed E-state index contributed by atoms with van der Waals surface area (Å²) in [5.74, 6) is 0. The SMILES string of the molecule is CCCN1CCCN(S(=O)(=O)c2c(Cl)cccc2Cl)CC1. The van der Waals surface area contributed by atoms with Crippen LogP contribution in [-0.4, -0.2) is 50.3 Å². The maximum absolute atomic E-state index is 12.8. The van der Waals surface area contributed by atoms with Crippen LogP contribution in [0.3, 0.4) is 0 Å². The summed E-state index contributed by atoms with van der Waals surface area (Å²) in [5, 5.41) is 0.356. The number of halogens is 2. The zero-order chi connectivity index (χ0) is 15.5. The Labute approximate surface area is 136 Å². The molecule has 1 aliphatic heterocycles. The van der Waals surface area contributed by atoms with E-state index >= 15 is 0 Å². The van der Waals surface area contributed by atoms with E-state index in [0.29, 0.717) is 13.1 Å². The van der Waals surface area contributed by atoms with Crippen molar-refractivity contribution in [2.45, 2.75) is 24.7 Å². The van der Waals surface area contributed by atoms with Crippen molar-refractivity contribution in [3.8, 4) is 0 Å². The molecular weight excluding hydrogens is 331 g/mol. The number of nitrogens with zero attached hydrogens (tertiary/aromatic N) is 2. The third kappa shape index (κ3) is 3.90. The number of rotatable bonds is 4. The quantitative estimate of drug-likeness (QED) is 0.837. The van der Waals surface area contributed by atoms with Gasteiger partial charge in [-0.15, -0.1) is 0 Å². The minimum absolute atomic E-state index is 0.0253. The van der Waals surface area contributed by atoms with E-state index in [9.17, 15) is 8.42 Å². The highest BCUT2D eigenvalue weighted by Crippen LogP contribution is 2.31. The fourth-order valence-electron chi connectivity index (χ4n) is 2.59. The summed E-state index contributed by atoms with van der Waals surface area (Å²) in [7, 11) is -3.64. The third-order valence-corrected chi connectivity index (χ3v) is 6.46. The van der Waals surface area contributed by atoms with Gasteiger partial charge in [-0.25, -0.2) is 8.42 Å². The second-order valence-corrected chi connectivity index (χ2v) is 7.84. The van der Waals surface area contributed by atoms with E-state index in [4.69, 9.17) is 23.2 Å². The minimum Gasteiger partial charge on any atom is -0.302 e. The second kappa shape index (κ2) is 7.29. The van der Waals surface area contributed by atoms with Gasteiger partial charge in [0, 0.05) is 19.6 Å². The number of benzene rings is 1. The zero-order valence-electron chi connectivity index (χ0n) is 12.1. The molecule has 21 heavy (non-hydrogen) atoms. The molecule has 0 aliphatic carbocycles. The number of hydrogen-bond acceptors (Lipinski definition) is 3. The van der Waals surface area contributed by atoms with E-state index < -0.39 is 10.0 Å². The van der Waals surface area contributed by atoms with Gasteiger partial charge in [0.05, 0.1) is 10.0 Å². The van der Waals surface area contributed by atoms with Crippen LogP contribution in [0.15, 0.2) is 23.1 Å². The van der Waals surface area contributed by atoms with E-state index in [-0.39, 0.29) is 14.9 Å². The molecule has 1 saturated heterocycles. The highest BCUT2D eigenvalue weighted by Gasteiger charge is 2.30. The predicted octanol–water partition coefficient (Wildman–Crippen LogP) is 3.10. The molecule has 1 heterocycles. The highest BCUT2D eigenvalue weighted by atomic mass is 35.5. The smallest absolute Gasteiger partial charge is 0.246 e. The Morgan fingerprint density at radius 1 is 1.10 bits per heavy atom. The lowest BCUT2D eigenvalue weighted by Crippen LogP contribution is -2.35. The van der Waals surface area contributed by atoms with Gasteiger partial charge >= 0.3 is 0 Å². The van der Waals surface area contributed by atoms with Gasteiger partial charge in [-0.05, 0) is 38.1 Å². The zero-order valence-corrected chi connectivity index (χ0v) is 14.4.